The molecule has 8 nitrogen and oxygen atoms in total. The first-order chi connectivity index (χ1) is 15.0. The molecule has 2 heterocycles. The van der Waals surface area contributed by atoms with Crippen LogP contribution in [0.4, 0.5) is 5.82 Å². The normalized spacial score (nSPS) is 19.6. The number of amides is 1. The highest BCUT2D eigenvalue weighted by molar-refractivity contribution is 5.95. The Hall–Kier alpha value is -3.52. The quantitative estimate of drug-likeness (QED) is 0.577. The van der Waals surface area contributed by atoms with Crippen molar-refractivity contribution >= 4 is 11.7 Å². The van der Waals surface area contributed by atoms with Crippen molar-refractivity contribution in [3.8, 4) is 11.5 Å². The fourth-order valence-corrected chi connectivity index (χ4v) is 3.75. The van der Waals surface area contributed by atoms with Gasteiger partial charge in [-0.1, -0.05) is 18.2 Å². The molecule has 2 N–H and O–H groups in total. The smallest absolute Gasteiger partial charge is 0.229 e. The zero-order chi connectivity index (χ0) is 21.8. The average Bonchev–Trinajstić information content (AvgIpc) is 3.50. The average molecular weight is 420 g/mol. The molecule has 1 unspecified atom stereocenters. The van der Waals surface area contributed by atoms with E-state index in [0.29, 0.717) is 36.1 Å². The molecule has 160 valence electrons. The number of rotatable bonds is 8. The summed E-state index contributed by atoms with van der Waals surface area (Å²) in [5, 5.41) is 12.9. The summed E-state index contributed by atoms with van der Waals surface area (Å²) in [4.78, 5) is 25.7. The van der Waals surface area contributed by atoms with Crippen LogP contribution in [0.15, 0.2) is 54.9 Å². The van der Waals surface area contributed by atoms with E-state index in [-0.39, 0.29) is 24.2 Å². The summed E-state index contributed by atoms with van der Waals surface area (Å²) >= 11 is 0. The summed E-state index contributed by atoms with van der Waals surface area (Å²) in [7, 11) is 1.59. The lowest BCUT2D eigenvalue weighted by Gasteiger charge is -2.20. The van der Waals surface area contributed by atoms with E-state index in [1.54, 1.807) is 56.8 Å². The van der Waals surface area contributed by atoms with Gasteiger partial charge in [0.05, 0.1) is 25.3 Å². The maximum absolute atomic E-state index is 13.0. The van der Waals surface area contributed by atoms with E-state index in [1.165, 1.54) is 0 Å². The highest BCUT2D eigenvalue weighted by Gasteiger charge is 2.60. The number of benzene rings is 1. The fraction of sp³-hybridized carbons (Fsp3) is 0.304. The Morgan fingerprint density at radius 2 is 2.13 bits per heavy atom. The van der Waals surface area contributed by atoms with Gasteiger partial charge in [-0.05, 0) is 43.2 Å². The first-order valence-electron chi connectivity index (χ1n) is 9.97. The van der Waals surface area contributed by atoms with Crippen LogP contribution < -0.4 is 10.1 Å². The van der Waals surface area contributed by atoms with Gasteiger partial charge in [-0.3, -0.25) is 4.79 Å². The fourth-order valence-electron chi connectivity index (χ4n) is 3.75. The minimum Gasteiger partial charge on any atom is -0.508 e. The van der Waals surface area contributed by atoms with Crippen LogP contribution in [-0.2, 0) is 21.6 Å². The van der Waals surface area contributed by atoms with E-state index in [4.69, 9.17) is 9.47 Å². The molecule has 1 aromatic carbocycles. The second-order valence-electron chi connectivity index (χ2n) is 7.62. The van der Waals surface area contributed by atoms with Crippen molar-refractivity contribution in [3.05, 3.63) is 71.9 Å². The van der Waals surface area contributed by atoms with Gasteiger partial charge in [-0.15, -0.1) is 0 Å². The van der Waals surface area contributed by atoms with E-state index >= 15 is 0 Å². The van der Waals surface area contributed by atoms with Crippen LogP contribution in [-0.4, -0.2) is 39.7 Å². The largest absolute Gasteiger partial charge is 0.508 e. The number of hydrogen-bond donors (Lipinski definition) is 2. The van der Waals surface area contributed by atoms with E-state index < -0.39 is 5.41 Å². The van der Waals surface area contributed by atoms with Gasteiger partial charge in [0.25, 0.3) is 0 Å². The molecule has 31 heavy (non-hydrogen) atoms. The number of carbonyl (C=O) groups is 1. The van der Waals surface area contributed by atoms with Crippen LogP contribution in [0.2, 0.25) is 0 Å². The van der Waals surface area contributed by atoms with Crippen LogP contribution in [0, 0.1) is 12.8 Å². The van der Waals surface area contributed by atoms with Crippen molar-refractivity contribution in [1.29, 1.82) is 0 Å². The molecule has 0 aliphatic heterocycles. The number of aromatic hydroxyl groups is 1. The first-order valence-corrected chi connectivity index (χ1v) is 9.97. The van der Waals surface area contributed by atoms with E-state index in [1.807, 2.05) is 12.1 Å². The Labute approximate surface area is 180 Å². The molecule has 8 heteroatoms. The number of nitrogens with zero attached hydrogens (tertiary/aromatic N) is 3. The summed E-state index contributed by atoms with van der Waals surface area (Å²) in [5.74, 6) is 1.33. The number of carbonyl (C=O) groups excluding carboxylic acids is 1. The zero-order valence-electron chi connectivity index (χ0n) is 17.4. The van der Waals surface area contributed by atoms with Crippen LogP contribution in [0.25, 0.3) is 0 Å². The van der Waals surface area contributed by atoms with Crippen LogP contribution >= 0.6 is 0 Å². The van der Waals surface area contributed by atoms with Gasteiger partial charge in [0.1, 0.15) is 23.1 Å². The highest BCUT2D eigenvalue weighted by Crippen LogP contribution is 2.55. The Morgan fingerprint density at radius 1 is 1.26 bits per heavy atom. The van der Waals surface area contributed by atoms with E-state index in [9.17, 15) is 9.90 Å². The number of aryl methyl sites for hydroxylation is 1. The van der Waals surface area contributed by atoms with Gasteiger partial charge in [0.15, 0.2) is 5.75 Å². The van der Waals surface area contributed by atoms with Gasteiger partial charge in [-0.25, -0.2) is 15.0 Å². The molecule has 0 saturated heterocycles. The molecular weight excluding hydrogens is 396 g/mol. The maximum atomic E-state index is 13.0. The zero-order valence-corrected chi connectivity index (χ0v) is 17.4. The van der Waals surface area contributed by atoms with E-state index in [2.05, 4.69) is 20.3 Å². The molecule has 0 radical (unpaired) electrons. The topological polar surface area (TPSA) is 106 Å². The van der Waals surface area contributed by atoms with Crippen LogP contribution in [0.3, 0.4) is 0 Å². The summed E-state index contributed by atoms with van der Waals surface area (Å²) in [5.41, 5.74) is 0.915. The lowest BCUT2D eigenvalue weighted by Crippen LogP contribution is -2.27. The van der Waals surface area contributed by atoms with Crippen molar-refractivity contribution in [2.45, 2.75) is 25.4 Å². The number of anilines is 1. The van der Waals surface area contributed by atoms with Gasteiger partial charge >= 0.3 is 0 Å². The van der Waals surface area contributed by atoms with E-state index in [0.717, 1.165) is 5.56 Å². The standard InChI is InChI=1S/C23H24N4O4/c1-15-25-12-20(19(26-15)13-30-2)31-14-23(16-6-5-7-17(28)10-16)11-18(23)22(29)27-21-8-3-4-9-24-21/h3-10,12,18,28H,11,13-14H2,1-2H3,(H,24,27,29)/t18?,23-/m1/s1. The Kier molecular flexibility index (Phi) is 5.81. The molecule has 1 aliphatic carbocycles. The molecule has 3 aromatic rings. The molecular formula is C23H24N4O4. The molecule has 2 atom stereocenters. The first kappa shape index (κ1) is 20.7. The van der Waals surface area contributed by atoms with Crippen molar-refractivity contribution in [3.63, 3.8) is 0 Å². The number of methoxy groups -OCH3 is 1. The third-order valence-corrected chi connectivity index (χ3v) is 5.45. The monoisotopic (exact) mass is 420 g/mol. The molecule has 1 aliphatic rings. The molecule has 1 amide bonds. The van der Waals surface area contributed by atoms with Crippen molar-refractivity contribution in [1.82, 2.24) is 15.0 Å². The van der Waals surface area contributed by atoms with Crippen LogP contribution in [0.5, 0.6) is 11.5 Å². The second kappa shape index (κ2) is 8.69. The summed E-state index contributed by atoms with van der Waals surface area (Å²) in [6.45, 7) is 2.33. The minimum absolute atomic E-state index is 0.136. The lowest BCUT2D eigenvalue weighted by molar-refractivity contribution is -0.117. The Balaban J connectivity index is 1.57. The van der Waals surface area contributed by atoms with Crippen LogP contribution in [0.1, 0.15) is 23.5 Å². The maximum Gasteiger partial charge on any atom is 0.229 e. The summed E-state index contributed by atoms with van der Waals surface area (Å²) in [6.07, 6.45) is 3.84. The predicted molar refractivity (Wildman–Crippen MR) is 114 cm³/mol. The van der Waals surface area contributed by atoms with Gasteiger partial charge < -0.3 is 19.9 Å². The van der Waals surface area contributed by atoms with Gasteiger partial charge in [-0.2, -0.15) is 0 Å². The highest BCUT2D eigenvalue weighted by atomic mass is 16.5. The van der Waals surface area contributed by atoms with Gasteiger partial charge in [0.2, 0.25) is 5.91 Å². The third-order valence-electron chi connectivity index (χ3n) is 5.45. The number of hydrogen-bond acceptors (Lipinski definition) is 7. The van der Waals surface area contributed by atoms with Crippen molar-refractivity contribution in [2.24, 2.45) is 5.92 Å². The predicted octanol–water partition coefficient (Wildman–Crippen LogP) is 3.01. The SMILES string of the molecule is COCc1nc(C)ncc1OC[C@@]1(c2cccc(O)c2)CC1C(=O)Nc1ccccn1. The lowest BCUT2D eigenvalue weighted by atomic mass is 9.93. The molecule has 4 rings (SSSR count). The third kappa shape index (κ3) is 4.49. The Morgan fingerprint density at radius 3 is 2.87 bits per heavy atom. The number of phenols is 1. The van der Waals surface area contributed by atoms with Gasteiger partial charge in [0, 0.05) is 18.7 Å². The Bertz CT molecular complexity index is 1080. The number of pyridine rings is 1. The minimum atomic E-state index is -0.577. The van der Waals surface area contributed by atoms with Crippen molar-refractivity contribution < 1.29 is 19.4 Å². The number of nitrogens with one attached hydrogen (secondary N) is 1. The summed E-state index contributed by atoms with van der Waals surface area (Å²) < 4.78 is 11.3. The number of phenolic OH excluding ortho intramolecular Hbond substituents is 1. The molecule has 1 saturated carbocycles. The molecule has 0 spiro atoms. The number of ether oxygens (including phenoxy) is 2. The molecule has 0 bridgehead atoms. The number of aromatic nitrogens is 3. The molecule has 1 fully saturated rings. The van der Waals surface area contributed by atoms with Crippen molar-refractivity contribution in [2.75, 3.05) is 19.0 Å². The summed E-state index contributed by atoms with van der Waals surface area (Å²) in [6, 6.07) is 12.3. The second-order valence-corrected chi connectivity index (χ2v) is 7.62. The molecule has 2 aromatic heterocycles.